The average Bonchev–Trinajstić information content (AvgIpc) is 2.71. The zero-order valence-electron chi connectivity index (χ0n) is 8.22. The van der Waals surface area contributed by atoms with Crippen molar-refractivity contribution in [1.29, 1.82) is 0 Å². The number of amides is 1. The van der Waals surface area contributed by atoms with Gasteiger partial charge < -0.3 is 15.1 Å². The number of carbonyl (C=O) groups is 1. The molecule has 1 fully saturated rings. The number of hydrogen-bond acceptors (Lipinski definition) is 3. The molecule has 5 heteroatoms. The fourth-order valence-electron chi connectivity index (χ4n) is 1.86. The van der Waals surface area contributed by atoms with Crippen LogP contribution in [0.5, 0.6) is 0 Å². The van der Waals surface area contributed by atoms with Crippen molar-refractivity contribution in [1.82, 2.24) is 4.90 Å². The highest BCUT2D eigenvalue weighted by Crippen LogP contribution is 2.35. The summed E-state index contributed by atoms with van der Waals surface area (Å²) in [6.07, 6.45) is 0.0721. The summed E-state index contributed by atoms with van der Waals surface area (Å²) in [5.74, 6) is 0. The lowest BCUT2D eigenvalue weighted by Gasteiger charge is -2.36. The van der Waals surface area contributed by atoms with Crippen LogP contribution in [-0.4, -0.2) is 34.3 Å². The standard InChI is InChI=1S/C10H13NO3S/c12-9(13)11-5-3-10(14,4-6-11)8-2-1-7-15-8/h1-2,7,14H,3-6H2,(H,12,13). The number of thiophene rings is 1. The van der Waals surface area contributed by atoms with Crippen LogP contribution >= 0.6 is 11.3 Å². The Hall–Kier alpha value is -1.07. The first-order chi connectivity index (χ1) is 7.12. The van der Waals surface area contributed by atoms with Crippen LogP contribution in [-0.2, 0) is 5.60 Å². The molecule has 4 nitrogen and oxygen atoms in total. The van der Waals surface area contributed by atoms with E-state index >= 15 is 0 Å². The monoisotopic (exact) mass is 227 g/mol. The van der Waals surface area contributed by atoms with Crippen molar-refractivity contribution in [2.24, 2.45) is 0 Å². The number of rotatable bonds is 1. The lowest BCUT2D eigenvalue weighted by molar-refractivity contribution is -0.0184. The van der Waals surface area contributed by atoms with Crippen molar-refractivity contribution in [3.63, 3.8) is 0 Å². The molecule has 1 amide bonds. The summed E-state index contributed by atoms with van der Waals surface area (Å²) in [4.78, 5) is 13.0. The molecule has 2 heterocycles. The van der Waals surface area contributed by atoms with Gasteiger partial charge in [0.05, 0.1) is 0 Å². The summed E-state index contributed by atoms with van der Waals surface area (Å²) in [7, 11) is 0. The Labute approximate surface area is 91.8 Å². The average molecular weight is 227 g/mol. The molecule has 0 bridgehead atoms. The minimum absolute atomic E-state index is 0.406. The SMILES string of the molecule is O=C(O)N1CCC(O)(c2cccs2)CC1. The van der Waals surface area contributed by atoms with Crippen LogP contribution in [0.15, 0.2) is 17.5 Å². The zero-order valence-corrected chi connectivity index (χ0v) is 9.04. The van der Waals surface area contributed by atoms with Gasteiger partial charge in [0.2, 0.25) is 0 Å². The third kappa shape index (κ3) is 1.98. The van der Waals surface area contributed by atoms with Gasteiger partial charge in [-0.25, -0.2) is 4.79 Å². The van der Waals surface area contributed by atoms with E-state index in [1.807, 2.05) is 17.5 Å². The zero-order chi connectivity index (χ0) is 10.9. The predicted molar refractivity (Wildman–Crippen MR) is 57.0 cm³/mol. The highest BCUT2D eigenvalue weighted by atomic mass is 32.1. The highest BCUT2D eigenvalue weighted by Gasteiger charge is 2.35. The quantitative estimate of drug-likeness (QED) is 0.767. The van der Waals surface area contributed by atoms with Crippen LogP contribution in [0, 0.1) is 0 Å². The van der Waals surface area contributed by atoms with Crippen molar-refractivity contribution >= 4 is 17.4 Å². The molecule has 1 aliphatic heterocycles. The van der Waals surface area contributed by atoms with E-state index in [-0.39, 0.29) is 0 Å². The van der Waals surface area contributed by atoms with Gasteiger partial charge in [0.15, 0.2) is 0 Å². The van der Waals surface area contributed by atoms with E-state index in [9.17, 15) is 9.90 Å². The molecule has 2 rings (SSSR count). The van der Waals surface area contributed by atoms with Crippen molar-refractivity contribution in [3.8, 4) is 0 Å². The smallest absolute Gasteiger partial charge is 0.407 e. The minimum Gasteiger partial charge on any atom is -0.465 e. The van der Waals surface area contributed by atoms with Gasteiger partial charge in [-0.2, -0.15) is 0 Å². The first kappa shape index (κ1) is 10.4. The molecule has 2 N–H and O–H groups in total. The van der Waals surface area contributed by atoms with Gasteiger partial charge in [-0.05, 0) is 24.3 Å². The molecule has 1 aromatic rings. The van der Waals surface area contributed by atoms with Crippen molar-refractivity contribution < 1.29 is 15.0 Å². The second-order valence-electron chi connectivity index (χ2n) is 3.78. The van der Waals surface area contributed by atoms with Gasteiger partial charge in [0.1, 0.15) is 5.60 Å². The largest absolute Gasteiger partial charge is 0.465 e. The Kier molecular flexibility index (Phi) is 2.67. The number of piperidine rings is 1. The number of nitrogens with zero attached hydrogens (tertiary/aromatic N) is 1. The number of carboxylic acid groups (broad SMARTS) is 1. The van der Waals surface area contributed by atoms with Gasteiger partial charge >= 0.3 is 6.09 Å². The van der Waals surface area contributed by atoms with E-state index in [2.05, 4.69) is 0 Å². The van der Waals surface area contributed by atoms with Gasteiger partial charge in [-0.15, -0.1) is 11.3 Å². The first-order valence-electron chi connectivity index (χ1n) is 4.86. The van der Waals surface area contributed by atoms with Crippen LogP contribution in [0.2, 0.25) is 0 Å². The topological polar surface area (TPSA) is 60.8 Å². The molecule has 0 atom stereocenters. The summed E-state index contributed by atoms with van der Waals surface area (Å²) in [5, 5.41) is 21.0. The molecule has 0 saturated carbocycles. The molecule has 0 aromatic carbocycles. The van der Waals surface area contributed by atoms with Crippen LogP contribution in [0.4, 0.5) is 4.79 Å². The summed E-state index contributed by atoms with van der Waals surface area (Å²) in [5.41, 5.74) is -0.819. The van der Waals surface area contributed by atoms with Crippen LogP contribution in [0.3, 0.4) is 0 Å². The highest BCUT2D eigenvalue weighted by molar-refractivity contribution is 7.10. The second-order valence-corrected chi connectivity index (χ2v) is 4.73. The van der Waals surface area contributed by atoms with Gasteiger partial charge in [-0.1, -0.05) is 6.07 Å². The molecule has 0 unspecified atom stereocenters. The van der Waals surface area contributed by atoms with Gasteiger partial charge in [0, 0.05) is 18.0 Å². The van der Waals surface area contributed by atoms with Crippen LogP contribution in [0.1, 0.15) is 17.7 Å². The Balaban J connectivity index is 2.06. The number of aliphatic hydroxyl groups is 1. The molecule has 0 spiro atoms. The molecule has 1 aromatic heterocycles. The van der Waals surface area contributed by atoms with Gasteiger partial charge in [-0.3, -0.25) is 0 Å². The number of hydrogen-bond donors (Lipinski definition) is 2. The second kappa shape index (κ2) is 3.83. The van der Waals surface area contributed by atoms with Crippen LogP contribution in [0.25, 0.3) is 0 Å². The van der Waals surface area contributed by atoms with E-state index in [1.165, 1.54) is 16.2 Å². The van der Waals surface area contributed by atoms with E-state index in [0.29, 0.717) is 25.9 Å². The third-order valence-electron chi connectivity index (χ3n) is 2.84. The van der Waals surface area contributed by atoms with Crippen molar-refractivity contribution in [2.45, 2.75) is 18.4 Å². The Morgan fingerprint density at radius 1 is 1.47 bits per heavy atom. The fraction of sp³-hybridized carbons (Fsp3) is 0.500. The number of likely N-dealkylation sites (tertiary alicyclic amines) is 1. The van der Waals surface area contributed by atoms with Crippen molar-refractivity contribution in [2.75, 3.05) is 13.1 Å². The summed E-state index contributed by atoms with van der Waals surface area (Å²) >= 11 is 1.52. The molecular formula is C10H13NO3S. The Morgan fingerprint density at radius 2 is 2.13 bits per heavy atom. The maximum Gasteiger partial charge on any atom is 0.407 e. The maximum absolute atomic E-state index is 10.7. The first-order valence-corrected chi connectivity index (χ1v) is 5.74. The lowest BCUT2D eigenvalue weighted by Crippen LogP contribution is -2.44. The molecule has 82 valence electrons. The molecule has 1 aliphatic rings. The minimum atomic E-state index is -0.900. The van der Waals surface area contributed by atoms with E-state index in [0.717, 1.165) is 4.88 Å². The normalized spacial score (nSPS) is 20.2. The summed E-state index contributed by atoms with van der Waals surface area (Å²) < 4.78 is 0. The van der Waals surface area contributed by atoms with E-state index in [4.69, 9.17) is 5.11 Å². The van der Waals surface area contributed by atoms with Crippen molar-refractivity contribution in [3.05, 3.63) is 22.4 Å². The maximum atomic E-state index is 10.7. The Bertz CT molecular complexity index is 342. The Morgan fingerprint density at radius 3 is 2.60 bits per heavy atom. The third-order valence-corrected chi connectivity index (χ3v) is 3.90. The summed E-state index contributed by atoms with van der Waals surface area (Å²) in [6.45, 7) is 0.813. The fourth-order valence-corrected chi connectivity index (χ4v) is 2.74. The molecule has 0 aliphatic carbocycles. The summed E-state index contributed by atoms with van der Waals surface area (Å²) in [6, 6.07) is 3.81. The van der Waals surface area contributed by atoms with E-state index < -0.39 is 11.7 Å². The molecular weight excluding hydrogens is 214 g/mol. The predicted octanol–water partition coefficient (Wildman–Crippen LogP) is 1.71. The molecule has 1 saturated heterocycles. The lowest BCUT2D eigenvalue weighted by atomic mass is 9.90. The molecule has 0 radical (unpaired) electrons. The van der Waals surface area contributed by atoms with E-state index in [1.54, 1.807) is 0 Å². The van der Waals surface area contributed by atoms with Gasteiger partial charge in [0.25, 0.3) is 0 Å². The molecule has 15 heavy (non-hydrogen) atoms. The van der Waals surface area contributed by atoms with Crippen LogP contribution < -0.4 is 0 Å².